The Bertz CT molecular complexity index is 1930. The van der Waals surface area contributed by atoms with Gasteiger partial charge in [0.1, 0.15) is 91.6 Å². The van der Waals surface area contributed by atoms with E-state index in [9.17, 15) is 66.4 Å². The van der Waals surface area contributed by atoms with Crippen molar-refractivity contribution in [3.05, 3.63) is 11.6 Å². The summed E-state index contributed by atoms with van der Waals surface area (Å²) in [7, 11) is 1.71. The number of rotatable bonds is 16. The molecule has 0 aromatic carbocycles. The molecule has 5 aliphatic heterocycles. The smallest absolute Gasteiger partial charge is 0.187 e. The molecule has 3 saturated carbocycles. The summed E-state index contributed by atoms with van der Waals surface area (Å²) in [6, 6.07) is 0. The van der Waals surface area contributed by atoms with E-state index in [1.54, 1.807) is 7.11 Å². The first-order valence-corrected chi connectivity index (χ1v) is 27.3. The Morgan fingerprint density at radius 1 is 0.640 bits per heavy atom. The molecule has 0 aromatic heterocycles. The monoisotopic (exact) mass is 1080 g/mol. The Morgan fingerprint density at radius 3 is 1.87 bits per heavy atom. The Labute approximate surface area is 437 Å². The second-order valence-electron chi connectivity index (χ2n) is 24.0. The molecule has 4 aliphatic carbocycles. The molecule has 432 valence electrons. The van der Waals surface area contributed by atoms with Crippen LogP contribution in [0.15, 0.2) is 11.6 Å². The molecular weight excluding hydrogens is 993 g/mol. The molecule has 0 spiro atoms. The van der Waals surface area contributed by atoms with Gasteiger partial charge >= 0.3 is 0 Å². The molecular formula is C52H86O23. The maximum Gasteiger partial charge on any atom is 0.187 e. The molecule has 31 atom stereocenters. The molecule has 0 radical (unpaired) electrons. The van der Waals surface area contributed by atoms with Gasteiger partial charge in [0.05, 0.1) is 44.7 Å². The third kappa shape index (κ3) is 10.5. The summed E-state index contributed by atoms with van der Waals surface area (Å²) in [5, 5.41) is 137. The second-order valence-corrected chi connectivity index (χ2v) is 24.0. The molecule has 0 aromatic rings. The first kappa shape index (κ1) is 58.5. The predicted molar refractivity (Wildman–Crippen MR) is 255 cm³/mol. The van der Waals surface area contributed by atoms with Crippen molar-refractivity contribution >= 4 is 0 Å². The van der Waals surface area contributed by atoms with E-state index < -0.39 is 155 Å². The summed E-state index contributed by atoms with van der Waals surface area (Å²) in [5.41, 5.74) is 1.14. The van der Waals surface area contributed by atoms with Crippen LogP contribution in [0.4, 0.5) is 0 Å². The van der Waals surface area contributed by atoms with Gasteiger partial charge in [-0.25, -0.2) is 0 Å². The Balaban J connectivity index is 0.856. The number of methoxy groups -OCH3 is 1. The van der Waals surface area contributed by atoms with Crippen LogP contribution in [0.3, 0.4) is 0 Å². The van der Waals surface area contributed by atoms with Crippen molar-refractivity contribution in [2.45, 2.75) is 233 Å². The van der Waals surface area contributed by atoms with Crippen molar-refractivity contribution in [1.29, 1.82) is 0 Å². The zero-order valence-corrected chi connectivity index (χ0v) is 43.8. The number of hydrogen-bond acceptors (Lipinski definition) is 23. The van der Waals surface area contributed by atoms with E-state index in [0.29, 0.717) is 43.4 Å². The average molecular weight is 1080 g/mol. The van der Waals surface area contributed by atoms with Gasteiger partial charge < -0.3 is 114 Å². The summed E-state index contributed by atoms with van der Waals surface area (Å²) in [5.74, 6) is 0.806. The molecule has 0 unspecified atom stereocenters. The SMILES string of the molecule is CO[C@@]1(CC[C@@H](C)CO[C@@H]2O[C@H](CO)[C@@H](O)[C@H](O)[C@H]2O)O[C@H]2C[C@H]3[C@@H]4CC=C5C[C@@H](O[C@@H]6O[C@H](CO)[C@@H](O[C@@H]7O[C@H](CO)[C@@H](O)[C@H](O)[C@H]7O)[C@H](O)[C@H]6O[C@@H]6O[C@@H](C)[C@H](O)[C@@H](O)[C@H]6O)CC[C@]5(C)[C@H]4CC[C@]3(C)[C@H]2[C@@H]1C. The van der Waals surface area contributed by atoms with Gasteiger partial charge in [-0.2, -0.15) is 0 Å². The second kappa shape index (κ2) is 23.0. The van der Waals surface area contributed by atoms with Crippen LogP contribution in [0, 0.1) is 46.3 Å². The zero-order valence-electron chi connectivity index (χ0n) is 43.8. The Kier molecular flexibility index (Phi) is 17.9. The van der Waals surface area contributed by atoms with Crippen LogP contribution in [0.5, 0.6) is 0 Å². The lowest BCUT2D eigenvalue weighted by molar-refractivity contribution is -0.389. The van der Waals surface area contributed by atoms with Gasteiger partial charge in [0.15, 0.2) is 30.9 Å². The van der Waals surface area contributed by atoms with Crippen molar-refractivity contribution < 1.29 is 114 Å². The highest BCUT2D eigenvalue weighted by Crippen LogP contribution is 2.70. The first-order valence-electron chi connectivity index (χ1n) is 27.3. The molecule has 9 aliphatic rings. The van der Waals surface area contributed by atoms with Crippen molar-refractivity contribution in [1.82, 2.24) is 0 Å². The first-order chi connectivity index (χ1) is 35.6. The summed E-state index contributed by atoms with van der Waals surface area (Å²) < 4.78 is 61.3. The standard InChI is InChI=1S/C52H86O23/c1-21(20-67-46-40(62)38(60)35(57)30(17-53)70-46)9-14-52(66-6)22(2)33-29(75-52)16-28-26-8-7-24-15-25(10-12-50(24,4)27(26)11-13-51(28,33)5)69-49-45(74-47-41(63)37(59)34(56)23(3)68-47)43(65)44(32(19-55)72-49)73-48-42(64)39(61)36(58)31(18-54)71-48/h7,21-23,25-49,53-65H,8-20H2,1-6H3/t21-,22+,23+,25+,26-,27+,28+,29+,30-,31-,32-,33+,34+,35-,36-,37-,38+,39+,40-,41-,42-,43+,44-,45-,46-,47+,48+,49-,50+,51+,52+/m1/s1. The van der Waals surface area contributed by atoms with Crippen molar-refractivity contribution in [2.24, 2.45) is 46.3 Å². The van der Waals surface area contributed by atoms with E-state index in [1.165, 1.54) is 12.5 Å². The lowest BCUT2D eigenvalue weighted by Gasteiger charge is -2.58. The van der Waals surface area contributed by atoms with Crippen molar-refractivity contribution in [3.63, 3.8) is 0 Å². The fourth-order valence-electron chi connectivity index (χ4n) is 15.3. The average Bonchev–Trinajstić information content (AvgIpc) is 3.86. The number of aliphatic hydroxyl groups is 13. The fraction of sp³-hybridized carbons (Fsp3) is 0.962. The molecule has 13 N–H and O–H groups in total. The molecule has 8 fully saturated rings. The summed E-state index contributed by atoms with van der Waals surface area (Å²) in [6.45, 7) is 8.76. The van der Waals surface area contributed by atoms with E-state index in [-0.39, 0.29) is 41.3 Å². The van der Waals surface area contributed by atoms with E-state index in [4.69, 9.17) is 47.4 Å². The maximum absolute atomic E-state index is 12.1. The number of ether oxygens (including phenoxy) is 10. The quantitative estimate of drug-likeness (QED) is 0.0720. The van der Waals surface area contributed by atoms with E-state index in [2.05, 4.69) is 26.8 Å². The fourth-order valence-corrected chi connectivity index (χ4v) is 15.3. The highest BCUT2D eigenvalue weighted by molar-refractivity contribution is 5.26. The van der Waals surface area contributed by atoms with E-state index >= 15 is 0 Å². The number of aliphatic hydroxyl groups excluding tert-OH is 13. The van der Waals surface area contributed by atoms with Crippen LogP contribution in [-0.4, -0.2) is 241 Å². The summed E-state index contributed by atoms with van der Waals surface area (Å²) in [6.07, 6.45) is -21.1. The lowest BCUT2D eigenvalue weighted by atomic mass is 9.47. The highest BCUT2D eigenvalue weighted by atomic mass is 16.8. The number of allylic oxidation sites excluding steroid dienone is 1. The van der Waals surface area contributed by atoms with Crippen LogP contribution < -0.4 is 0 Å². The highest BCUT2D eigenvalue weighted by Gasteiger charge is 2.68. The topological polar surface area (TPSA) is 355 Å². The summed E-state index contributed by atoms with van der Waals surface area (Å²) in [4.78, 5) is 0. The van der Waals surface area contributed by atoms with E-state index in [1.807, 2.05) is 6.92 Å². The molecule has 9 rings (SSSR count). The molecule has 0 bridgehead atoms. The third-order valence-electron chi connectivity index (χ3n) is 19.8. The lowest BCUT2D eigenvalue weighted by Crippen LogP contribution is -2.67. The van der Waals surface area contributed by atoms with Gasteiger partial charge in [-0.3, -0.25) is 0 Å². The van der Waals surface area contributed by atoms with Crippen LogP contribution in [0.1, 0.15) is 92.4 Å². The van der Waals surface area contributed by atoms with Gasteiger partial charge in [-0.15, -0.1) is 0 Å². The van der Waals surface area contributed by atoms with E-state index in [0.717, 1.165) is 32.1 Å². The largest absolute Gasteiger partial charge is 0.394 e. The van der Waals surface area contributed by atoms with Crippen LogP contribution in [0.25, 0.3) is 0 Å². The van der Waals surface area contributed by atoms with Crippen LogP contribution >= 0.6 is 0 Å². The van der Waals surface area contributed by atoms with Gasteiger partial charge in [-0.1, -0.05) is 39.3 Å². The minimum absolute atomic E-state index is 0.00195. The molecule has 5 heterocycles. The molecule has 23 nitrogen and oxygen atoms in total. The van der Waals surface area contributed by atoms with Crippen LogP contribution in [-0.2, 0) is 47.4 Å². The Hall–Kier alpha value is -1.18. The van der Waals surface area contributed by atoms with Gasteiger partial charge in [0.2, 0.25) is 0 Å². The van der Waals surface area contributed by atoms with Crippen LogP contribution in [0.2, 0.25) is 0 Å². The predicted octanol–water partition coefficient (Wildman–Crippen LogP) is -2.35. The summed E-state index contributed by atoms with van der Waals surface area (Å²) >= 11 is 0. The normalized spacial score (nSPS) is 54.3. The molecule has 75 heavy (non-hydrogen) atoms. The minimum Gasteiger partial charge on any atom is -0.394 e. The zero-order chi connectivity index (χ0) is 54.2. The molecule has 5 saturated heterocycles. The van der Waals surface area contributed by atoms with Crippen molar-refractivity contribution in [3.8, 4) is 0 Å². The third-order valence-corrected chi connectivity index (χ3v) is 19.8. The Morgan fingerprint density at radius 2 is 1.23 bits per heavy atom. The number of fused-ring (bicyclic) bond motifs is 7. The maximum atomic E-state index is 12.1. The molecule has 23 heteroatoms. The molecule has 0 amide bonds. The van der Waals surface area contributed by atoms with Crippen molar-refractivity contribution in [2.75, 3.05) is 33.5 Å². The number of hydrogen-bond donors (Lipinski definition) is 13. The van der Waals surface area contributed by atoms with Gasteiger partial charge in [0, 0.05) is 19.4 Å². The van der Waals surface area contributed by atoms with Gasteiger partial charge in [0.25, 0.3) is 0 Å². The minimum atomic E-state index is -1.85. The van der Waals surface area contributed by atoms with Gasteiger partial charge in [-0.05, 0) is 98.7 Å².